The lowest BCUT2D eigenvalue weighted by Crippen LogP contribution is -2.19. The van der Waals surface area contributed by atoms with Gasteiger partial charge in [-0.3, -0.25) is 0 Å². The summed E-state index contributed by atoms with van der Waals surface area (Å²) in [5.41, 5.74) is 3.57. The van der Waals surface area contributed by atoms with Gasteiger partial charge in [-0.05, 0) is 43.9 Å². The second-order valence-corrected chi connectivity index (χ2v) is 10.8. The van der Waals surface area contributed by atoms with Gasteiger partial charge in [0, 0.05) is 41.1 Å². The molecule has 38 heavy (non-hydrogen) atoms. The average Bonchev–Trinajstić information content (AvgIpc) is 3.53. The number of fused-ring (bicyclic) bond motifs is 5. The molecule has 1 saturated carbocycles. The van der Waals surface area contributed by atoms with Gasteiger partial charge in [-0.1, -0.05) is 48.5 Å². The van der Waals surface area contributed by atoms with Gasteiger partial charge in [0.25, 0.3) is 0 Å². The summed E-state index contributed by atoms with van der Waals surface area (Å²) in [6, 6.07) is 21.8. The van der Waals surface area contributed by atoms with Crippen molar-refractivity contribution in [1.29, 1.82) is 0 Å². The van der Waals surface area contributed by atoms with Gasteiger partial charge < -0.3 is 14.4 Å². The Balaban J connectivity index is 1.29. The zero-order valence-electron chi connectivity index (χ0n) is 21.2. The largest absolute Gasteiger partial charge is 0.489 e. The molecular formula is C31H27FN4O2. The van der Waals surface area contributed by atoms with Crippen LogP contribution in [0.25, 0.3) is 22.2 Å². The standard InChI is InChI=1S/C31H27FN4O2/c1-31(2,37)30-33-15-19(16-34-30)21-13-26-25(14-24(21)32)35-29-23-12-22(23)28(36(26)29)20-10-6-7-11-27(20)38-17-18-8-4-3-5-9-18/h3-11,13-16,22-23,28,37H,12,17H2,1-2H3/t22?,23-,28+/m1/s1. The predicted molar refractivity (Wildman–Crippen MR) is 142 cm³/mol. The Morgan fingerprint density at radius 1 is 1.03 bits per heavy atom. The van der Waals surface area contributed by atoms with Crippen molar-refractivity contribution in [2.75, 3.05) is 0 Å². The fourth-order valence-corrected chi connectivity index (χ4v) is 5.71. The number of hydrogen-bond donors (Lipinski definition) is 1. The van der Waals surface area contributed by atoms with E-state index >= 15 is 4.39 Å². The molecule has 3 aromatic carbocycles. The molecule has 0 spiro atoms. The van der Waals surface area contributed by atoms with Crippen LogP contribution < -0.4 is 4.74 Å². The van der Waals surface area contributed by atoms with Crippen LogP contribution in [0.15, 0.2) is 79.1 Å². The SMILES string of the molecule is CC(C)(O)c1ncc(-c2cc3c(cc2F)nc2n3[C@@H](c3ccccc3OCc3ccccc3)C3C[C@@H]23)cn1. The van der Waals surface area contributed by atoms with E-state index in [4.69, 9.17) is 9.72 Å². The van der Waals surface area contributed by atoms with Crippen molar-refractivity contribution in [2.45, 2.75) is 44.4 Å². The number of rotatable bonds is 6. The molecule has 1 unspecified atom stereocenters. The van der Waals surface area contributed by atoms with Gasteiger partial charge in [0.2, 0.25) is 0 Å². The number of halogens is 1. The maximum Gasteiger partial charge on any atom is 0.159 e. The molecule has 7 heteroatoms. The van der Waals surface area contributed by atoms with Crippen LogP contribution in [0.2, 0.25) is 0 Å². The van der Waals surface area contributed by atoms with Crippen LogP contribution >= 0.6 is 0 Å². The van der Waals surface area contributed by atoms with Crippen molar-refractivity contribution < 1.29 is 14.2 Å². The number of nitrogens with zero attached hydrogens (tertiary/aromatic N) is 4. The number of benzene rings is 3. The first kappa shape index (κ1) is 23.0. The van der Waals surface area contributed by atoms with E-state index in [1.54, 1.807) is 26.2 Å². The molecule has 0 radical (unpaired) electrons. The van der Waals surface area contributed by atoms with Gasteiger partial charge in [-0.25, -0.2) is 19.3 Å². The molecule has 190 valence electrons. The number of aromatic nitrogens is 4. The highest BCUT2D eigenvalue weighted by Crippen LogP contribution is 2.63. The Morgan fingerprint density at radius 2 is 1.76 bits per heavy atom. The number of para-hydroxylation sites is 1. The molecule has 0 saturated heterocycles. The van der Waals surface area contributed by atoms with Crippen molar-refractivity contribution in [3.63, 3.8) is 0 Å². The summed E-state index contributed by atoms with van der Waals surface area (Å²) in [6.45, 7) is 3.74. The summed E-state index contributed by atoms with van der Waals surface area (Å²) in [5, 5.41) is 10.2. The minimum absolute atomic E-state index is 0.0686. The average molecular weight is 507 g/mol. The smallest absolute Gasteiger partial charge is 0.159 e. The summed E-state index contributed by atoms with van der Waals surface area (Å²) in [6.07, 6.45) is 4.20. The van der Waals surface area contributed by atoms with Crippen LogP contribution in [0.4, 0.5) is 4.39 Å². The van der Waals surface area contributed by atoms with E-state index in [0.717, 1.165) is 34.6 Å². The summed E-state index contributed by atoms with van der Waals surface area (Å²) >= 11 is 0. The lowest BCUT2D eigenvalue weighted by Gasteiger charge is -2.21. The van der Waals surface area contributed by atoms with Crippen molar-refractivity contribution in [3.05, 3.63) is 108 Å². The first-order valence-corrected chi connectivity index (χ1v) is 12.9. The minimum Gasteiger partial charge on any atom is -0.489 e. The summed E-state index contributed by atoms with van der Waals surface area (Å²) in [4.78, 5) is 13.4. The Morgan fingerprint density at radius 3 is 2.53 bits per heavy atom. The lowest BCUT2D eigenvalue weighted by molar-refractivity contribution is 0.0687. The van der Waals surface area contributed by atoms with E-state index in [9.17, 15) is 5.11 Å². The van der Waals surface area contributed by atoms with E-state index in [1.807, 2.05) is 42.5 Å². The first-order chi connectivity index (χ1) is 18.4. The molecule has 0 amide bonds. The first-order valence-electron chi connectivity index (χ1n) is 12.9. The normalized spacial score (nSPS) is 19.8. The van der Waals surface area contributed by atoms with Gasteiger partial charge in [0.15, 0.2) is 5.82 Å². The van der Waals surface area contributed by atoms with E-state index < -0.39 is 5.60 Å². The molecule has 5 aromatic rings. The highest BCUT2D eigenvalue weighted by Gasteiger charge is 2.55. The summed E-state index contributed by atoms with van der Waals surface area (Å²) in [5.74, 6) is 2.61. The van der Waals surface area contributed by atoms with Crippen molar-refractivity contribution in [3.8, 4) is 16.9 Å². The predicted octanol–water partition coefficient (Wildman–Crippen LogP) is 6.15. The number of imidazole rings is 1. The topological polar surface area (TPSA) is 73.1 Å². The third kappa shape index (κ3) is 3.77. The maximum absolute atomic E-state index is 15.3. The Bertz CT molecular complexity index is 1660. The van der Waals surface area contributed by atoms with E-state index in [1.165, 1.54) is 6.07 Å². The molecule has 3 atom stereocenters. The zero-order valence-corrected chi connectivity index (χ0v) is 21.2. The number of hydrogen-bond acceptors (Lipinski definition) is 5. The highest BCUT2D eigenvalue weighted by atomic mass is 19.1. The summed E-state index contributed by atoms with van der Waals surface area (Å²) < 4.78 is 23.9. The fraction of sp³-hybridized carbons (Fsp3) is 0.258. The Labute approximate surface area is 219 Å². The molecule has 0 bridgehead atoms. The molecular weight excluding hydrogens is 479 g/mol. The Hall–Kier alpha value is -4.10. The van der Waals surface area contributed by atoms with Crippen LogP contribution in [-0.2, 0) is 12.2 Å². The summed E-state index contributed by atoms with van der Waals surface area (Å²) in [7, 11) is 0. The second-order valence-electron chi connectivity index (χ2n) is 10.8. The van der Waals surface area contributed by atoms with Crippen molar-refractivity contribution in [2.24, 2.45) is 5.92 Å². The molecule has 3 heterocycles. The van der Waals surface area contributed by atoms with Gasteiger partial charge in [0.1, 0.15) is 29.6 Å². The third-order valence-electron chi connectivity index (χ3n) is 7.65. The minimum atomic E-state index is -1.17. The van der Waals surface area contributed by atoms with E-state index in [-0.39, 0.29) is 11.9 Å². The second kappa shape index (κ2) is 8.46. The molecule has 2 aliphatic rings. The van der Waals surface area contributed by atoms with Gasteiger partial charge >= 0.3 is 0 Å². The van der Waals surface area contributed by atoms with Crippen LogP contribution in [0.1, 0.15) is 55.0 Å². The van der Waals surface area contributed by atoms with Crippen LogP contribution in [0, 0.1) is 11.7 Å². The Kier molecular flexibility index (Phi) is 5.13. The zero-order chi connectivity index (χ0) is 26.0. The quantitative estimate of drug-likeness (QED) is 0.299. The molecule has 1 aliphatic heterocycles. The molecule has 7 rings (SSSR count). The van der Waals surface area contributed by atoms with Crippen molar-refractivity contribution in [1.82, 2.24) is 19.5 Å². The maximum atomic E-state index is 15.3. The van der Waals surface area contributed by atoms with Gasteiger partial charge in [0.05, 0.1) is 17.1 Å². The van der Waals surface area contributed by atoms with Gasteiger partial charge in [-0.2, -0.15) is 0 Å². The molecule has 1 fully saturated rings. The monoisotopic (exact) mass is 506 g/mol. The van der Waals surface area contributed by atoms with Gasteiger partial charge in [-0.15, -0.1) is 0 Å². The highest BCUT2D eigenvalue weighted by molar-refractivity contribution is 5.84. The van der Waals surface area contributed by atoms with Crippen LogP contribution in [0.5, 0.6) is 5.75 Å². The molecule has 2 aromatic heterocycles. The van der Waals surface area contributed by atoms with Crippen LogP contribution in [-0.4, -0.2) is 24.6 Å². The lowest BCUT2D eigenvalue weighted by atomic mass is 10.0. The van der Waals surface area contributed by atoms with Crippen molar-refractivity contribution >= 4 is 11.0 Å². The fourth-order valence-electron chi connectivity index (χ4n) is 5.71. The molecule has 1 N–H and O–H groups in total. The van der Waals surface area contributed by atoms with Crippen LogP contribution in [0.3, 0.4) is 0 Å². The number of aliphatic hydroxyl groups is 1. The molecule has 1 aliphatic carbocycles. The third-order valence-corrected chi connectivity index (χ3v) is 7.65. The van der Waals surface area contributed by atoms with E-state index in [2.05, 4.69) is 32.7 Å². The number of ether oxygens (including phenoxy) is 1. The molecule has 6 nitrogen and oxygen atoms in total. The van der Waals surface area contributed by atoms with E-state index in [0.29, 0.717) is 40.9 Å².